The number of aryl methyl sites for hydroxylation is 1. The molecule has 0 fully saturated rings. The summed E-state index contributed by atoms with van der Waals surface area (Å²) < 4.78 is 0. The molecule has 1 aromatic carbocycles. The van der Waals surface area contributed by atoms with Gasteiger partial charge in [0.25, 0.3) is 5.56 Å². The van der Waals surface area contributed by atoms with Crippen LogP contribution in [0.5, 0.6) is 0 Å². The molecule has 0 saturated heterocycles. The lowest BCUT2D eigenvalue weighted by Gasteiger charge is -2.10. The predicted molar refractivity (Wildman–Crippen MR) is 93.9 cm³/mol. The highest BCUT2D eigenvalue weighted by atomic mass is 16.1. The molecule has 3 aromatic rings. The van der Waals surface area contributed by atoms with Gasteiger partial charge in [-0.3, -0.25) is 9.78 Å². The van der Waals surface area contributed by atoms with Gasteiger partial charge in [-0.1, -0.05) is 39.0 Å². The Balaban J connectivity index is 1.99. The molecule has 4 nitrogen and oxygen atoms in total. The maximum atomic E-state index is 12.3. The maximum absolute atomic E-state index is 12.3. The fourth-order valence-electron chi connectivity index (χ4n) is 2.99. The number of nitrogens with zero attached hydrogens (tertiary/aromatic N) is 1. The summed E-state index contributed by atoms with van der Waals surface area (Å²) in [6, 6.07) is 8.22. The number of benzene rings is 1. The number of aromatic amines is 2. The zero-order valence-electron chi connectivity index (χ0n) is 13.9. The molecule has 0 saturated carbocycles. The second-order valence-electron chi connectivity index (χ2n) is 6.43. The largest absolute Gasteiger partial charge is 0.361 e. The van der Waals surface area contributed by atoms with Crippen LogP contribution in [0.3, 0.4) is 0 Å². The SMILES string of the molecule is CCc1nc(CC(C)C)c(=O)[nH]c1Cc1c[nH]c2ccccc12. The molecular weight excluding hydrogens is 286 g/mol. The summed E-state index contributed by atoms with van der Waals surface area (Å²) in [7, 11) is 0. The highest BCUT2D eigenvalue weighted by molar-refractivity contribution is 5.83. The molecule has 0 atom stereocenters. The van der Waals surface area contributed by atoms with Gasteiger partial charge in [0, 0.05) is 29.2 Å². The quantitative estimate of drug-likeness (QED) is 0.756. The summed E-state index contributed by atoms with van der Waals surface area (Å²) in [6.45, 7) is 6.29. The summed E-state index contributed by atoms with van der Waals surface area (Å²) in [5, 5.41) is 1.20. The van der Waals surface area contributed by atoms with E-state index in [2.05, 4.69) is 47.9 Å². The van der Waals surface area contributed by atoms with Crippen molar-refractivity contribution < 1.29 is 0 Å². The van der Waals surface area contributed by atoms with Gasteiger partial charge >= 0.3 is 0 Å². The molecule has 0 amide bonds. The van der Waals surface area contributed by atoms with Crippen molar-refractivity contribution in [2.45, 2.75) is 40.0 Å². The molecule has 2 heterocycles. The second-order valence-corrected chi connectivity index (χ2v) is 6.43. The molecule has 3 rings (SSSR count). The Kier molecular flexibility index (Phi) is 4.33. The third-order valence-electron chi connectivity index (χ3n) is 4.12. The van der Waals surface area contributed by atoms with Gasteiger partial charge in [0.15, 0.2) is 0 Å². The van der Waals surface area contributed by atoms with Gasteiger partial charge in [0.2, 0.25) is 0 Å². The van der Waals surface area contributed by atoms with Crippen molar-refractivity contribution in [2.75, 3.05) is 0 Å². The average molecular weight is 309 g/mol. The summed E-state index contributed by atoms with van der Waals surface area (Å²) in [4.78, 5) is 23.3. The molecule has 0 aliphatic rings. The normalized spacial score (nSPS) is 11.5. The Bertz CT molecular complexity index is 874. The minimum Gasteiger partial charge on any atom is -0.361 e. The van der Waals surface area contributed by atoms with E-state index in [1.54, 1.807) is 0 Å². The third-order valence-corrected chi connectivity index (χ3v) is 4.12. The molecule has 2 aromatic heterocycles. The van der Waals surface area contributed by atoms with E-state index in [9.17, 15) is 4.79 Å². The van der Waals surface area contributed by atoms with Gasteiger partial charge in [0.05, 0.1) is 5.69 Å². The minimum atomic E-state index is -0.0502. The number of para-hydroxylation sites is 1. The zero-order chi connectivity index (χ0) is 16.4. The molecule has 0 spiro atoms. The Labute approximate surface area is 136 Å². The van der Waals surface area contributed by atoms with Gasteiger partial charge in [-0.15, -0.1) is 0 Å². The number of aromatic nitrogens is 3. The molecule has 4 heteroatoms. The van der Waals surface area contributed by atoms with Crippen molar-refractivity contribution in [3.63, 3.8) is 0 Å². The number of H-pyrrole nitrogens is 2. The number of fused-ring (bicyclic) bond motifs is 1. The van der Waals surface area contributed by atoms with Crippen molar-refractivity contribution in [1.82, 2.24) is 15.0 Å². The molecule has 23 heavy (non-hydrogen) atoms. The van der Waals surface area contributed by atoms with Crippen molar-refractivity contribution in [3.05, 3.63) is 63.5 Å². The number of hydrogen-bond donors (Lipinski definition) is 2. The van der Waals surface area contributed by atoms with Crippen LogP contribution in [0.15, 0.2) is 35.3 Å². The fourth-order valence-corrected chi connectivity index (χ4v) is 2.99. The summed E-state index contributed by atoms with van der Waals surface area (Å²) >= 11 is 0. The summed E-state index contributed by atoms with van der Waals surface area (Å²) in [5.41, 5.74) is 4.82. The lowest BCUT2D eigenvalue weighted by atomic mass is 10.0. The van der Waals surface area contributed by atoms with Crippen molar-refractivity contribution in [3.8, 4) is 0 Å². The number of nitrogens with one attached hydrogen (secondary N) is 2. The van der Waals surface area contributed by atoms with E-state index in [0.29, 0.717) is 18.0 Å². The van der Waals surface area contributed by atoms with Crippen LogP contribution in [0.2, 0.25) is 0 Å². The van der Waals surface area contributed by atoms with Gasteiger partial charge in [-0.2, -0.15) is 0 Å². The van der Waals surface area contributed by atoms with E-state index in [0.717, 1.165) is 29.7 Å². The molecule has 2 N–H and O–H groups in total. The smallest absolute Gasteiger partial charge is 0.269 e. The van der Waals surface area contributed by atoms with E-state index >= 15 is 0 Å². The lowest BCUT2D eigenvalue weighted by Crippen LogP contribution is -2.21. The molecule has 0 unspecified atom stereocenters. The molecule has 0 bridgehead atoms. The number of hydrogen-bond acceptors (Lipinski definition) is 2. The van der Waals surface area contributed by atoms with Gasteiger partial charge in [-0.25, -0.2) is 0 Å². The fraction of sp³-hybridized carbons (Fsp3) is 0.368. The molecule has 0 aliphatic carbocycles. The minimum absolute atomic E-state index is 0.0502. The van der Waals surface area contributed by atoms with Crippen LogP contribution in [-0.2, 0) is 19.3 Å². The Morgan fingerprint density at radius 2 is 1.96 bits per heavy atom. The Hall–Kier alpha value is -2.36. The van der Waals surface area contributed by atoms with Crippen LogP contribution in [0.1, 0.15) is 43.4 Å². The summed E-state index contributed by atoms with van der Waals surface area (Å²) in [5.74, 6) is 0.424. The first-order chi connectivity index (χ1) is 11.1. The van der Waals surface area contributed by atoms with E-state index in [1.165, 1.54) is 10.9 Å². The maximum Gasteiger partial charge on any atom is 0.269 e. The van der Waals surface area contributed by atoms with E-state index in [1.807, 2.05) is 18.3 Å². The molecule has 120 valence electrons. The standard InChI is InChI=1S/C19H23N3O/c1-4-15-17(22-19(23)18(21-15)9-12(2)3)10-13-11-20-16-8-6-5-7-14(13)16/h5-8,11-12,20H,4,9-10H2,1-3H3,(H,22,23). The predicted octanol–water partition coefficient (Wildman–Crippen LogP) is 3.60. The molecule has 0 aliphatic heterocycles. The second kappa shape index (κ2) is 6.41. The van der Waals surface area contributed by atoms with Gasteiger partial charge in [0.1, 0.15) is 5.69 Å². The van der Waals surface area contributed by atoms with Gasteiger partial charge < -0.3 is 9.97 Å². The van der Waals surface area contributed by atoms with E-state index in [-0.39, 0.29) is 5.56 Å². The Morgan fingerprint density at radius 3 is 2.70 bits per heavy atom. The van der Waals surface area contributed by atoms with Gasteiger partial charge in [-0.05, 0) is 30.4 Å². The highest BCUT2D eigenvalue weighted by Crippen LogP contribution is 2.21. The monoisotopic (exact) mass is 309 g/mol. The van der Waals surface area contributed by atoms with Crippen LogP contribution in [-0.4, -0.2) is 15.0 Å². The molecular formula is C19H23N3O. The number of rotatable bonds is 5. The first-order valence-corrected chi connectivity index (χ1v) is 8.24. The van der Waals surface area contributed by atoms with Crippen LogP contribution in [0.4, 0.5) is 0 Å². The third kappa shape index (κ3) is 3.21. The van der Waals surface area contributed by atoms with Crippen molar-refractivity contribution >= 4 is 10.9 Å². The van der Waals surface area contributed by atoms with Crippen molar-refractivity contribution in [1.29, 1.82) is 0 Å². The first-order valence-electron chi connectivity index (χ1n) is 8.24. The zero-order valence-corrected chi connectivity index (χ0v) is 13.9. The average Bonchev–Trinajstić information content (AvgIpc) is 2.93. The molecule has 0 radical (unpaired) electrons. The van der Waals surface area contributed by atoms with Crippen LogP contribution in [0.25, 0.3) is 10.9 Å². The lowest BCUT2D eigenvalue weighted by molar-refractivity contribution is 0.623. The highest BCUT2D eigenvalue weighted by Gasteiger charge is 2.13. The summed E-state index contributed by atoms with van der Waals surface area (Å²) in [6.07, 6.45) is 4.25. The van der Waals surface area contributed by atoms with Crippen molar-refractivity contribution in [2.24, 2.45) is 5.92 Å². The topological polar surface area (TPSA) is 61.5 Å². The van der Waals surface area contributed by atoms with Crippen LogP contribution in [0, 0.1) is 5.92 Å². The van der Waals surface area contributed by atoms with Crippen LogP contribution >= 0.6 is 0 Å². The van der Waals surface area contributed by atoms with E-state index < -0.39 is 0 Å². The van der Waals surface area contributed by atoms with Crippen LogP contribution < -0.4 is 5.56 Å². The van der Waals surface area contributed by atoms with E-state index in [4.69, 9.17) is 0 Å². The first kappa shape index (κ1) is 15.5. The Morgan fingerprint density at radius 1 is 1.17 bits per heavy atom.